The molecule has 0 saturated heterocycles. The van der Waals surface area contributed by atoms with Crippen molar-refractivity contribution in [1.29, 1.82) is 0 Å². The summed E-state index contributed by atoms with van der Waals surface area (Å²) in [5.41, 5.74) is 9.62. The second-order valence-electron chi connectivity index (χ2n) is 5.08. The number of hydrogen-bond donors (Lipinski definition) is 1. The minimum atomic E-state index is -0.0842. The first-order valence-electron chi connectivity index (χ1n) is 5.91. The van der Waals surface area contributed by atoms with Crippen molar-refractivity contribution in [3.63, 3.8) is 0 Å². The number of hydrogen-bond acceptors (Lipinski definition) is 3. The predicted octanol–water partition coefficient (Wildman–Crippen LogP) is 1.47. The summed E-state index contributed by atoms with van der Waals surface area (Å²) in [6, 6.07) is 3.92. The number of rotatable bonds is 1. The van der Waals surface area contributed by atoms with Gasteiger partial charge in [0, 0.05) is 24.1 Å². The third kappa shape index (κ3) is 1.96. The van der Waals surface area contributed by atoms with Gasteiger partial charge in [0.05, 0.1) is 11.4 Å². The zero-order valence-corrected chi connectivity index (χ0v) is 9.93. The number of fused-ring (bicyclic) bond motifs is 1. The van der Waals surface area contributed by atoms with Crippen LogP contribution in [0.5, 0.6) is 0 Å². The fourth-order valence-electron chi connectivity index (χ4n) is 2.36. The number of nitrogens with two attached hydrogens (primary N) is 1. The lowest BCUT2D eigenvalue weighted by atomic mass is 9.83. The molecule has 0 fully saturated rings. The maximum absolute atomic E-state index is 6.19. The Bertz CT molecular complexity index is 528. The summed E-state index contributed by atoms with van der Waals surface area (Å²) in [6.07, 6.45) is 8.54. The van der Waals surface area contributed by atoms with Crippen molar-refractivity contribution in [2.45, 2.75) is 31.7 Å². The average molecular weight is 228 g/mol. The van der Waals surface area contributed by atoms with E-state index >= 15 is 0 Å². The highest BCUT2D eigenvalue weighted by Crippen LogP contribution is 2.26. The highest BCUT2D eigenvalue weighted by Gasteiger charge is 2.27. The van der Waals surface area contributed by atoms with Gasteiger partial charge in [-0.1, -0.05) is 0 Å². The van der Waals surface area contributed by atoms with Crippen molar-refractivity contribution in [3.05, 3.63) is 42.0 Å². The van der Waals surface area contributed by atoms with E-state index in [1.165, 1.54) is 11.3 Å². The van der Waals surface area contributed by atoms with Crippen LogP contribution in [-0.2, 0) is 12.8 Å². The molecule has 1 atom stereocenters. The molecule has 0 aromatic carbocycles. The van der Waals surface area contributed by atoms with Gasteiger partial charge in [0.1, 0.15) is 0 Å². The first kappa shape index (κ1) is 10.5. The van der Waals surface area contributed by atoms with E-state index in [0.29, 0.717) is 0 Å². The monoisotopic (exact) mass is 228 g/mol. The smallest absolute Gasteiger partial charge is 0.0676 e. The van der Waals surface area contributed by atoms with Crippen LogP contribution in [0.15, 0.2) is 30.7 Å². The van der Waals surface area contributed by atoms with Crippen LogP contribution in [-0.4, -0.2) is 20.3 Å². The first-order chi connectivity index (χ1) is 8.14. The molecule has 2 aromatic heterocycles. The minimum Gasteiger partial charge on any atom is -0.325 e. The van der Waals surface area contributed by atoms with E-state index < -0.39 is 0 Å². The molecule has 2 aromatic rings. The fraction of sp³-hybridized carbons (Fsp3) is 0.385. The van der Waals surface area contributed by atoms with Crippen LogP contribution in [0.4, 0.5) is 0 Å². The van der Waals surface area contributed by atoms with Crippen LogP contribution >= 0.6 is 0 Å². The highest BCUT2D eigenvalue weighted by atomic mass is 15.3. The van der Waals surface area contributed by atoms with Gasteiger partial charge in [0.2, 0.25) is 0 Å². The van der Waals surface area contributed by atoms with E-state index in [9.17, 15) is 0 Å². The SMILES string of the molecule is CC1(N)CCc2nn(-c3ccncc3)cc2C1. The molecular formula is C13H16N4. The van der Waals surface area contributed by atoms with E-state index in [4.69, 9.17) is 5.73 Å². The molecular weight excluding hydrogens is 212 g/mol. The molecule has 0 spiro atoms. The van der Waals surface area contributed by atoms with Crippen LogP contribution < -0.4 is 5.73 Å². The predicted molar refractivity (Wildman–Crippen MR) is 66.0 cm³/mol. The first-order valence-corrected chi connectivity index (χ1v) is 5.91. The van der Waals surface area contributed by atoms with Crippen molar-refractivity contribution < 1.29 is 0 Å². The summed E-state index contributed by atoms with van der Waals surface area (Å²) in [6.45, 7) is 2.11. The maximum atomic E-state index is 6.19. The molecule has 17 heavy (non-hydrogen) atoms. The van der Waals surface area contributed by atoms with Crippen molar-refractivity contribution in [3.8, 4) is 5.69 Å². The largest absolute Gasteiger partial charge is 0.325 e. The molecule has 2 N–H and O–H groups in total. The van der Waals surface area contributed by atoms with Crippen LogP contribution in [0.1, 0.15) is 24.6 Å². The van der Waals surface area contributed by atoms with Crippen molar-refractivity contribution in [2.24, 2.45) is 5.73 Å². The Hall–Kier alpha value is -1.68. The molecule has 0 amide bonds. The third-order valence-corrected chi connectivity index (χ3v) is 3.33. The molecule has 0 bridgehead atoms. The van der Waals surface area contributed by atoms with Gasteiger partial charge in [0.25, 0.3) is 0 Å². The van der Waals surface area contributed by atoms with Crippen molar-refractivity contribution in [2.75, 3.05) is 0 Å². The van der Waals surface area contributed by atoms with E-state index in [0.717, 1.165) is 24.9 Å². The van der Waals surface area contributed by atoms with Gasteiger partial charge in [-0.3, -0.25) is 4.98 Å². The lowest BCUT2D eigenvalue weighted by molar-refractivity contribution is 0.406. The Morgan fingerprint density at radius 2 is 2.12 bits per heavy atom. The summed E-state index contributed by atoms with van der Waals surface area (Å²) in [5.74, 6) is 0. The molecule has 0 saturated carbocycles. The van der Waals surface area contributed by atoms with Gasteiger partial charge in [-0.25, -0.2) is 4.68 Å². The molecule has 4 nitrogen and oxygen atoms in total. The maximum Gasteiger partial charge on any atom is 0.0676 e. The third-order valence-electron chi connectivity index (χ3n) is 3.33. The second-order valence-corrected chi connectivity index (χ2v) is 5.08. The molecule has 1 aliphatic carbocycles. The highest BCUT2D eigenvalue weighted by molar-refractivity contribution is 5.32. The van der Waals surface area contributed by atoms with Crippen LogP contribution in [0.2, 0.25) is 0 Å². The lowest BCUT2D eigenvalue weighted by Crippen LogP contribution is -2.41. The van der Waals surface area contributed by atoms with Gasteiger partial charge in [-0.05, 0) is 43.9 Å². The van der Waals surface area contributed by atoms with Gasteiger partial charge in [-0.15, -0.1) is 0 Å². The van der Waals surface area contributed by atoms with Gasteiger partial charge >= 0.3 is 0 Å². The Labute approximate surface area is 100 Å². The molecule has 3 rings (SSSR count). The normalized spacial score (nSPS) is 23.4. The number of aromatic nitrogens is 3. The van der Waals surface area contributed by atoms with Crippen LogP contribution in [0, 0.1) is 0 Å². The second kappa shape index (κ2) is 3.67. The molecule has 0 radical (unpaired) electrons. The number of nitrogens with zero attached hydrogens (tertiary/aromatic N) is 3. The van der Waals surface area contributed by atoms with Gasteiger partial charge in [-0.2, -0.15) is 5.10 Å². The van der Waals surface area contributed by atoms with Crippen molar-refractivity contribution in [1.82, 2.24) is 14.8 Å². The lowest BCUT2D eigenvalue weighted by Gasteiger charge is -2.28. The zero-order chi connectivity index (χ0) is 11.9. The molecule has 1 aliphatic rings. The summed E-state index contributed by atoms with van der Waals surface area (Å²) >= 11 is 0. The zero-order valence-electron chi connectivity index (χ0n) is 9.93. The molecule has 1 unspecified atom stereocenters. The topological polar surface area (TPSA) is 56.7 Å². The summed E-state index contributed by atoms with van der Waals surface area (Å²) in [4.78, 5) is 4.01. The Kier molecular flexibility index (Phi) is 2.26. The Morgan fingerprint density at radius 1 is 1.35 bits per heavy atom. The van der Waals surface area contributed by atoms with E-state index in [-0.39, 0.29) is 5.54 Å². The van der Waals surface area contributed by atoms with Crippen molar-refractivity contribution >= 4 is 0 Å². The van der Waals surface area contributed by atoms with E-state index in [1.807, 2.05) is 16.8 Å². The summed E-state index contributed by atoms with van der Waals surface area (Å²) < 4.78 is 1.92. The Balaban J connectivity index is 1.98. The van der Waals surface area contributed by atoms with Gasteiger partial charge in [0.15, 0.2) is 0 Å². The van der Waals surface area contributed by atoms with Crippen LogP contribution in [0.3, 0.4) is 0 Å². The van der Waals surface area contributed by atoms with Crippen LogP contribution in [0.25, 0.3) is 5.69 Å². The van der Waals surface area contributed by atoms with E-state index in [1.54, 1.807) is 12.4 Å². The number of pyridine rings is 1. The Morgan fingerprint density at radius 3 is 2.88 bits per heavy atom. The van der Waals surface area contributed by atoms with Gasteiger partial charge < -0.3 is 5.73 Å². The van der Waals surface area contributed by atoms with E-state index in [2.05, 4.69) is 23.2 Å². The fourth-order valence-corrected chi connectivity index (χ4v) is 2.36. The average Bonchev–Trinajstić information content (AvgIpc) is 2.71. The molecule has 2 heterocycles. The standard InChI is InChI=1S/C13H16N4/c1-13(14)5-2-12-10(8-13)9-17(16-12)11-3-6-15-7-4-11/h3-4,6-7,9H,2,5,8,14H2,1H3. The molecule has 4 heteroatoms. The molecule has 0 aliphatic heterocycles. The minimum absolute atomic E-state index is 0.0842. The summed E-state index contributed by atoms with van der Waals surface area (Å²) in [5, 5.41) is 4.62. The summed E-state index contributed by atoms with van der Waals surface area (Å²) in [7, 11) is 0. The quantitative estimate of drug-likeness (QED) is 0.804. The number of aryl methyl sites for hydroxylation is 1. The molecule has 88 valence electrons.